The van der Waals surface area contributed by atoms with Gasteiger partial charge in [-0.2, -0.15) is 5.26 Å². The SMILES string of the molecule is CC(CCCO)NC#N. The molecule has 0 radical (unpaired) electrons. The van der Waals surface area contributed by atoms with Gasteiger partial charge in [0.05, 0.1) is 0 Å². The van der Waals surface area contributed by atoms with Crippen molar-refractivity contribution in [3.63, 3.8) is 0 Å². The van der Waals surface area contributed by atoms with Gasteiger partial charge in [0.1, 0.15) is 0 Å². The monoisotopic (exact) mass is 128 g/mol. The minimum Gasteiger partial charge on any atom is -0.396 e. The van der Waals surface area contributed by atoms with Gasteiger partial charge in [-0.25, -0.2) is 0 Å². The van der Waals surface area contributed by atoms with Crippen molar-refractivity contribution in [1.29, 1.82) is 5.26 Å². The van der Waals surface area contributed by atoms with Gasteiger partial charge in [0.2, 0.25) is 0 Å². The second-order valence-electron chi connectivity index (χ2n) is 2.02. The van der Waals surface area contributed by atoms with Gasteiger partial charge in [0, 0.05) is 12.6 Å². The number of hydrogen-bond donors (Lipinski definition) is 2. The first-order chi connectivity index (χ1) is 4.31. The molecule has 0 aliphatic carbocycles. The van der Waals surface area contributed by atoms with Crippen molar-refractivity contribution in [1.82, 2.24) is 5.32 Å². The summed E-state index contributed by atoms with van der Waals surface area (Å²) in [7, 11) is 0. The summed E-state index contributed by atoms with van der Waals surface area (Å²) in [6.07, 6.45) is 3.46. The van der Waals surface area contributed by atoms with Crippen molar-refractivity contribution < 1.29 is 5.11 Å². The third kappa shape index (κ3) is 5.12. The zero-order valence-corrected chi connectivity index (χ0v) is 5.59. The Labute approximate surface area is 55.3 Å². The molecule has 0 bridgehead atoms. The molecule has 0 rings (SSSR count). The number of aliphatic hydroxyl groups is 1. The predicted molar refractivity (Wildman–Crippen MR) is 34.5 cm³/mol. The average molecular weight is 128 g/mol. The summed E-state index contributed by atoms with van der Waals surface area (Å²) in [6, 6.07) is 0.196. The number of nitrogens with one attached hydrogen (secondary N) is 1. The third-order valence-corrected chi connectivity index (χ3v) is 1.11. The van der Waals surface area contributed by atoms with Gasteiger partial charge in [-0.3, -0.25) is 0 Å². The lowest BCUT2D eigenvalue weighted by Gasteiger charge is -2.05. The third-order valence-electron chi connectivity index (χ3n) is 1.11. The van der Waals surface area contributed by atoms with Crippen molar-refractivity contribution in [2.75, 3.05) is 6.61 Å². The Balaban J connectivity index is 3.08. The summed E-state index contributed by atoms with van der Waals surface area (Å²) in [5, 5.41) is 19.1. The molecule has 1 unspecified atom stereocenters. The lowest BCUT2D eigenvalue weighted by atomic mass is 10.2. The smallest absolute Gasteiger partial charge is 0.176 e. The van der Waals surface area contributed by atoms with Gasteiger partial charge in [-0.1, -0.05) is 0 Å². The molecule has 3 nitrogen and oxygen atoms in total. The zero-order chi connectivity index (χ0) is 7.11. The molecule has 1 atom stereocenters. The number of hydrogen-bond acceptors (Lipinski definition) is 3. The highest BCUT2D eigenvalue weighted by atomic mass is 16.2. The lowest BCUT2D eigenvalue weighted by molar-refractivity contribution is 0.279. The average Bonchev–Trinajstić information content (AvgIpc) is 1.85. The molecule has 2 N–H and O–H groups in total. The molecule has 52 valence electrons. The Morgan fingerprint density at radius 3 is 2.89 bits per heavy atom. The Morgan fingerprint density at radius 2 is 2.44 bits per heavy atom. The topological polar surface area (TPSA) is 56.0 Å². The number of nitrogens with zero attached hydrogens (tertiary/aromatic N) is 1. The maximum Gasteiger partial charge on any atom is 0.176 e. The Kier molecular flexibility index (Phi) is 4.94. The standard InChI is InChI=1S/C6H12N2O/c1-6(8-5-7)3-2-4-9/h6,8-9H,2-4H2,1H3. The molecular weight excluding hydrogens is 116 g/mol. The molecule has 0 aliphatic rings. The molecule has 0 saturated carbocycles. The Bertz CT molecular complexity index is 97.7. The van der Waals surface area contributed by atoms with Gasteiger partial charge in [-0.15, -0.1) is 0 Å². The number of nitriles is 1. The van der Waals surface area contributed by atoms with Crippen molar-refractivity contribution >= 4 is 0 Å². The molecule has 9 heavy (non-hydrogen) atoms. The van der Waals surface area contributed by atoms with Crippen LogP contribution in [0.1, 0.15) is 19.8 Å². The maximum absolute atomic E-state index is 8.37. The molecule has 0 aliphatic heterocycles. The Morgan fingerprint density at radius 1 is 1.78 bits per heavy atom. The molecule has 3 heteroatoms. The fourth-order valence-electron chi connectivity index (χ4n) is 0.580. The summed E-state index contributed by atoms with van der Waals surface area (Å²) >= 11 is 0. The summed E-state index contributed by atoms with van der Waals surface area (Å²) < 4.78 is 0. The molecule has 0 aromatic rings. The van der Waals surface area contributed by atoms with Crippen LogP contribution in [0.25, 0.3) is 0 Å². The first-order valence-corrected chi connectivity index (χ1v) is 3.06. The summed E-state index contributed by atoms with van der Waals surface area (Å²) in [6.45, 7) is 2.12. The quantitative estimate of drug-likeness (QED) is 0.420. The predicted octanol–water partition coefficient (Wildman–Crippen LogP) is 0.218. The van der Waals surface area contributed by atoms with Gasteiger partial charge in [0.25, 0.3) is 0 Å². The van der Waals surface area contributed by atoms with Gasteiger partial charge in [-0.05, 0) is 19.8 Å². The van der Waals surface area contributed by atoms with E-state index in [1.54, 1.807) is 0 Å². The first kappa shape index (κ1) is 8.25. The molecule has 0 aromatic carbocycles. The molecular formula is C6H12N2O. The van der Waals surface area contributed by atoms with E-state index in [4.69, 9.17) is 10.4 Å². The van der Waals surface area contributed by atoms with Crippen molar-refractivity contribution in [3.05, 3.63) is 0 Å². The molecule has 0 spiro atoms. The fraction of sp³-hybridized carbons (Fsp3) is 0.833. The summed E-state index contributed by atoms with van der Waals surface area (Å²) in [5.41, 5.74) is 0. The Hall–Kier alpha value is -0.750. The molecule has 0 amide bonds. The van der Waals surface area contributed by atoms with Crippen LogP contribution in [-0.4, -0.2) is 17.8 Å². The lowest BCUT2D eigenvalue weighted by Crippen LogP contribution is -2.20. The van der Waals surface area contributed by atoms with Crippen LogP contribution in [0.5, 0.6) is 0 Å². The highest BCUT2D eigenvalue weighted by molar-refractivity contribution is 4.71. The van der Waals surface area contributed by atoms with Crippen LogP contribution < -0.4 is 5.32 Å². The van der Waals surface area contributed by atoms with E-state index in [2.05, 4.69) is 5.32 Å². The molecule has 0 heterocycles. The highest BCUT2D eigenvalue weighted by Gasteiger charge is 1.96. The maximum atomic E-state index is 8.37. The second-order valence-corrected chi connectivity index (χ2v) is 2.02. The van der Waals surface area contributed by atoms with Gasteiger partial charge in [0.15, 0.2) is 6.19 Å². The van der Waals surface area contributed by atoms with Crippen molar-refractivity contribution in [3.8, 4) is 6.19 Å². The summed E-state index contributed by atoms with van der Waals surface area (Å²) in [4.78, 5) is 0. The minimum absolute atomic E-state index is 0.196. The fourth-order valence-corrected chi connectivity index (χ4v) is 0.580. The van der Waals surface area contributed by atoms with E-state index in [9.17, 15) is 0 Å². The van der Waals surface area contributed by atoms with E-state index >= 15 is 0 Å². The highest BCUT2D eigenvalue weighted by Crippen LogP contribution is 1.92. The first-order valence-electron chi connectivity index (χ1n) is 3.06. The molecule has 0 aromatic heterocycles. The molecule has 0 saturated heterocycles. The largest absolute Gasteiger partial charge is 0.396 e. The number of aliphatic hydroxyl groups excluding tert-OH is 1. The van der Waals surface area contributed by atoms with Crippen LogP contribution in [-0.2, 0) is 0 Å². The van der Waals surface area contributed by atoms with Crippen LogP contribution in [0, 0.1) is 11.5 Å². The number of rotatable bonds is 4. The zero-order valence-electron chi connectivity index (χ0n) is 5.59. The van der Waals surface area contributed by atoms with Gasteiger partial charge < -0.3 is 10.4 Å². The van der Waals surface area contributed by atoms with Crippen LogP contribution in [0.3, 0.4) is 0 Å². The van der Waals surface area contributed by atoms with Gasteiger partial charge >= 0.3 is 0 Å². The molecule has 0 fully saturated rings. The van der Waals surface area contributed by atoms with Crippen molar-refractivity contribution in [2.45, 2.75) is 25.8 Å². The summed E-state index contributed by atoms with van der Waals surface area (Å²) in [5.74, 6) is 0. The van der Waals surface area contributed by atoms with E-state index in [1.165, 1.54) is 0 Å². The minimum atomic E-state index is 0.196. The van der Waals surface area contributed by atoms with Crippen molar-refractivity contribution in [2.24, 2.45) is 0 Å². The van der Waals surface area contributed by atoms with E-state index in [-0.39, 0.29) is 12.6 Å². The van der Waals surface area contributed by atoms with E-state index in [1.807, 2.05) is 13.1 Å². The second kappa shape index (κ2) is 5.39. The van der Waals surface area contributed by atoms with Crippen LogP contribution in [0.15, 0.2) is 0 Å². The normalized spacial score (nSPS) is 12.1. The van der Waals surface area contributed by atoms with Crippen LogP contribution >= 0.6 is 0 Å². The van der Waals surface area contributed by atoms with Crippen LogP contribution in [0.2, 0.25) is 0 Å². The van der Waals surface area contributed by atoms with Crippen LogP contribution in [0.4, 0.5) is 0 Å². The van der Waals surface area contributed by atoms with E-state index in [0.717, 1.165) is 12.8 Å². The van der Waals surface area contributed by atoms with E-state index in [0.29, 0.717) is 0 Å². The van der Waals surface area contributed by atoms with E-state index < -0.39 is 0 Å².